The van der Waals surface area contributed by atoms with E-state index in [4.69, 9.17) is 22.4 Å². The van der Waals surface area contributed by atoms with Crippen molar-refractivity contribution in [3.05, 3.63) is 28.8 Å². The molecule has 1 aromatic rings. The largest absolute Gasteiger partial charge is 0.480 e. The second-order valence-electron chi connectivity index (χ2n) is 3.18. The highest BCUT2D eigenvalue weighted by Crippen LogP contribution is 2.20. The zero-order valence-electron chi connectivity index (χ0n) is 8.68. The molecule has 0 radical (unpaired) electrons. The van der Waals surface area contributed by atoms with Crippen molar-refractivity contribution >= 4 is 27.6 Å². The predicted molar refractivity (Wildman–Crippen MR) is 62.2 cm³/mol. The summed E-state index contributed by atoms with van der Waals surface area (Å²) in [6.07, 6.45) is 0. The Morgan fingerprint density at radius 3 is 2.59 bits per heavy atom. The van der Waals surface area contributed by atoms with Gasteiger partial charge < -0.3 is 10.8 Å². The number of aliphatic carboxylic acids is 1. The van der Waals surface area contributed by atoms with E-state index in [0.29, 0.717) is 5.56 Å². The Bertz CT molecular complexity index is 530. The zero-order chi connectivity index (χ0) is 13.1. The monoisotopic (exact) mass is 278 g/mol. The van der Waals surface area contributed by atoms with Gasteiger partial charge in [-0.15, -0.1) is 0 Å². The van der Waals surface area contributed by atoms with Crippen LogP contribution in [0.2, 0.25) is 5.02 Å². The van der Waals surface area contributed by atoms with Crippen LogP contribution in [0.5, 0.6) is 0 Å². The van der Waals surface area contributed by atoms with Gasteiger partial charge in [0.1, 0.15) is 6.54 Å². The Kier molecular flexibility index (Phi) is 4.47. The number of carboxylic acids is 1. The smallest absolute Gasteiger partial charge is 0.318 e. The molecule has 0 aromatic heterocycles. The molecule has 0 fully saturated rings. The van der Waals surface area contributed by atoms with E-state index in [2.05, 4.69) is 0 Å². The zero-order valence-corrected chi connectivity index (χ0v) is 10.3. The highest BCUT2D eigenvalue weighted by molar-refractivity contribution is 7.89. The summed E-state index contributed by atoms with van der Waals surface area (Å²) in [5, 5.41) is 8.62. The van der Waals surface area contributed by atoms with E-state index < -0.39 is 22.5 Å². The number of nitrogens with two attached hydrogens (primary N) is 1. The maximum Gasteiger partial charge on any atom is 0.318 e. The first kappa shape index (κ1) is 13.9. The average molecular weight is 279 g/mol. The molecule has 0 atom stereocenters. The molecule has 1 rings (SSSR count). The second-order valence-corrected chi connectivity index (χ2v) is 5.35. The molecular weight excluding hydrogens is 268 g/mol. The van der Waals surface area contributed by atoms with Crippen molar-refractivity contribution in [2.45, 2.75) is 11.4 Å². The van der Waals surface area contributed by atoms with E-state index in [1.54, 1.807) is 0 Å². The molecule has 0 saturated carbocycles. The summed E-state index contributed by atoms with van der Waals surface area (Å²) in [6, 6.07) is 4.03. The van der Waals surface area contributed by atoms with Gasteiger partial charge in [-0.25, -0.2) is 8.42 Å². The molecule has 0 unspecified atom stereocenters. The number of carbonyl (C=O) groups is 1. The summed E-state index contributed by atoms with van der Waals surface area (Å²) in [5.41, 5.74) is 6.00. The van der Waals surface area contributed by atoms with Crippen LogP contribution in [0.1, 0.15) is 5.56 Å². The van der Waals surface area contributed by atoms with Gasteiger partial charge in [-0.3, -0.25) is 4.79 Å². The molecule has 6 nitrogen and oxygen atoms in total. The topological polar surface area (TPSA) is 109 Å². The number of carboxylic acid groups (broad SMARTS) is 1. The minimum absolute atomic E-state index is 0.0963. The van der Waals surface area contributed by atoms with Crippen LogP contribution in [-0.4, -0.2) is 26.0 Å². The van der Waals surface area contributed by atoms with Crippen LogP contribution in [0, 0.1) is 0 Å². The molecule has 0 amide bonds. The van der Waals surface area contributed by atoms with Gasteiger partial charge in [0.25, 0.3) is 0 Å². The van der Waals surface area contributed by atoms with Crippen molar-refractivity contribution < 1.29 is 18.3 Å². The van der Waals surface area contributed by atoms with Gasteiger partial charge in [0.15, 0.2) is 0 Å². The van der Waals surface area contributed by atoms with E-state index in [-0.39, 0.29) is 16.5 Å². The minimum atomic E-state index is -3.86. The number of benzene rings is 1. The minimum Gasteiger partial charge on any atom is -0.480 e. The summed E-state index contributed by atoms with van der Waals surface area (Å²) in [4.78, 5) is 10.2. The molecule has 17 heavy (non-hydrogen) atoms. The fourth-order valence-electron chi connectivity index (χ4n) is 1.10. The first-order valence-electron chi connectivity index (χ1n) is 4.57. The maximum absolute atomic E-state index is 11.6. The highest BCUT2D eigenvalue weighted by atomic mass is 35.5. The Labute approximate surface area is 103 Å². The second kappa shape index (κ2) is 5.46. The molecule has 4 N–H and O–H groups in total. The van der Waals surface area contributed by atoms with Crippen molar-refractivity contribution in [1.29, 1.82) is 0 Å². The van der Waals surface area contributed by atoms with Crippen LogP contribution in [0.25, 0.3) is 0 Å². The lowest BCUT2D eigenvalue weighted by molar-refractivity contribution is -0.135. The van der Waals surface area contributed by atoms with Crippen LogP contribution in [0.4, 0.5) is 0 Å². The van der Waals surface area contributed by atoms with E-state index >= 15 is 0 Å². The number of hydrogen-bond donors (Lipinski definition) is 3. The number of halogens is 1. The van der Waals surface area contributed by atoms with Crippen molar-refractivity contribution in [3.8, 4) is 0 Å². The lowest BCUT2D eigenvalue weighted by atomic mass is 10.2. The van der Waals surface area contributed by atoms with Gasteiger partial charge in [-0.05, 0) is 17.7 Å². The Morgan fingerprint density at radius 1 is 1.47 bits per heavy atom. The number of sulfonamides is 1. The van der Waals surface area contributed by atoms with Crippen LogP contribution >= 0.6 is 11.6 Å². The van der Waals surface area contributed by atoms with Crippen LogP contribution in [0.15, 0.2) is 23.1 Å². The SMILES string of the molecule is NCc1ccc(S(=O)(=O)NCC(=O)O)cc1Cl. The van der Waals surface area contributed by atoms with Crippen molar-refractivity contribution in [1.82, 2.24) is 4.72 Å². The van der Waals surface area contributed by atoms with Crippen LogP contribution in [0.3, 0.4) is 0 Å². The summed E-state index contributed by atoms with van der Waals surface area (Å²) >= 11 is 5.81. The predicted octanol–water partition coefficient (Wildman–Crippen LogP) is 0.162. The van der Waals surface area contributed by atoms with E-state index in [0.717, 1.165) is 0 Å². The normalized spacial score (nSPS) is 11.4. The van der Waals surface area contributed by atoms with Gasteiger partial charge in [0.05, 0.1) is 4.90 Å². The lowest BCUT2D eigenvalue weighted by Gasteiger charge is -2.07. The highest BCUT2D eigenvalue weighted by Gasteiger charge is 2.16. The van der Waals surface area contributed by atoms with E-state index in [9.17, 15) is 13.2 Å². The van der Waals surface area contributed by atoms with Gasteiger partial charge in [-0.1, -0.05) is 17.7 Å². The summed E-state index contributed by atoms with van der Waals surface area (Å²) in [7, 11) is -3.86. The quantitative estimate of drug-likeness (QED) is 0.711. The van der Waals surface area contributed by atoms with Gasteiger partial charge in [-0.2, -0.15) is 4.72 Å². The van der Waals surface area contributed by atoms with Crippen LogP contribution in [-0.2, 0) is 21.4 Å². The maximum atomic E-state index is 11.6. The van der Waals surface area contributed by atoms with E-state index in [1.165, 1.54) is 18.2 Å². The Morgan fingerprint density at radius 2 is 2.12 bits per heavy atom. The molecule has 8 heteroatoms. The third-order valence-corrected chi connectivity index (χ3v) is 3.72. The molecule has 0 heterocycles. The number of nitrogens with one attached hydrogen (secondary N) is 1. The average Bonchev–Trinajstić information content (AvgIpc) is 2.26. The molecule has 94 valence electrons. The van der Waals surface area contributed by atoms with Crippen molar-refractivity contribution in [3.63, 3.8) is 0 Å². The molecule has 0 saturated heterocycles. The molecule has 1 aromatic carbocycles. The fraction of sp³-hybridized carbons (Fsp3) is 0.222. The Balaban J connectivity index is 2.99. The van der Waals surface area contributed by atoms with Gasteiger partial charge in [0.2, 0.25) is 10.0 Å². The van der Waals surface area contributed by atoms with Crippen molar-refractivity contribution in [2.75, 3.05) is 6.54 Å². The van der Waals surface area contributed by atoms with Gasteiger partial charge >= 0.3 is 5.97 Å². The summed E-state index contributed by atoms with van der Waals surface area (Å²) in [6.45, 7) is -0.486. The molecule has 0 aliphatic carbocycles. The Hall–Kier alpha value is -1.15. The standard InChI is InChI=1S/C9H11ClN2O4S/c10-8-3-7(2-1-6(8)4-11)17(15,16)12-5-9(13)14/h1-3,12H,4-5,11H2,(H,13,14). The molecular formula is C9H11ClN2O4S. The fourth-order valence-corrected chi connectivity index (χ4v) is 2.42. The molecule has 0 aliphatic rings. The van der Waals surface area contributed by atoms with E-state index in [1.807, 2.05) is 4.72 Å². The first-order valence-corrected chi connectivity index (χ1v) is 6.43. The summed E-state index contributed by atoms with van der Waals surface area (Å²) < 4.78 is 25.2. The lowest BCUT2D eigenvalue weighted by Crippen LogP contribution is -2.29. The first-order chi connectivity index (χ1) is 7.86. The summed E-state index contributed by atoms with van der Waals surface area (Å²) in [5.74, 6) is -1.27. The van der Waals surface area contributed by atoms with Crippen LogP contribution < -0.4 is 10.5 Å². The molecule has 0 spiro atoms. The number of hydrogen-bond acceptors (Lipinski definition) is 4. The molecule has 0 aliphatic heterocycles. The van der Waals surface area contributed by atoms with Crippen molar-refractivity contribution in [2.24, 2.45) is 5.73 Å². The molecule has 0 bridgehead atoms. The third kappa shape index (κ3) is 3.67. The third-order valence-electron chi connectivity index (χ3n) is 1.97. The number of rotatable bonds is 5. The van der Waals surface area contributed by atoms with Gasteiger partial charge in [0, 0.05) is 11.6 Å².